The van der Waals surface area contributed by atoms with Crippen LogP contribution in [-0.2, 0) is 6.54 Å². The summed E-state index contributed by atoms with van der Waals surface area (Å²) in [5.74, 6) is 2.25. The largest absolute Gasteiger partial charge is 0.335 e. The fourth-order valence-electron chi connectivity index (χ4n) is 3.25. The molecule has 2 saturated heterocycles. The molecule has 0 aliphatic carbocycles. The van der Waals surface area contributed by atoms with Crippen molar-refractivity contribution < 1.29 is 4.79 Å². The Morgan fingerprint density at radius 2 is 2.09 bits per heavy atom. The summed E-state index contributed by atoms with van der Waals surface area (Å²) >= 11 is 1.94. The molecule has 2 fully saturated rings. The molecule has 0 radical (unpaired) electrons. The van der Waals surface area contributed by atoms with Gasteiger partial charge in [-0.15, -0.1) is 0 Å². The van der Waals surface area contributed by atoms with E-state index >= 15 is 0 Å². The highest BCUT2D eigenvalue weighted by molar-refractivity contribution is 7.99. The summed E-state index contributed by atoms with van der Waals surface area (Å²) in [7, 11) is 1.93. The lowest BCUT2D eigenvalue weighted by atomic mass is 10.0. The zero-order chi connectivity index (χ0) is 16.1. The van der Waals surface area contributed by atoms with Crippen LogP contribution in [0, 0.1) is 0 Å². The zero-order valence-electron chi connectivity index (χ0n) is 13.8. The first-order chi connectivity index (χ1) is 11.2. The molecular weight excluding hydrogens is 308 g/mol. The summed E-state index contributed by atoms with van der Waals surface area (Å²) in [6.45, 7) is 3.05. The second kappa shape index (κ2) is 8.02. The van der Waals surface area contributed by atoms with Gasteiger partial charge in [0, 0.05) is 56.9 Å². The average molecular weight is 334 g/mol. The van der Waals surface area contributed by atoms with E-state index in [2.05, 4.69) is 27.3 Å². The van der Waals surface area contributed by atoms with Crippen molar-refractivity contribution in [2.45, 2.75) is 37.9 Å². The van der Waals surface area contributed by atoms with Crippen molar-refractivity contribution in [1.82, 2.24) is 20.1 Å². The number of urea groups is 1. The second-order valence-electron chi connectivity index (χ2n) is 6.48. The predicted octanol–water partition coefficient (Wildman–Crippen LogP) is 2.19. The molecule has 2 amide bonds. The summed E-state index contributed by atoms with van der Waals surface area (Å²) in [6.07, 6.45) is 6.88. The van der Waals surface area contributed by atoms with Crippen LogP contribution in [0.3, 0.4) is 0 Å². The lowest BCUT2D eigenvalue weighted by Crippen LogP contribution is -2.50. The first kappa shape index (κ1) is 16.6. The normalized spacial score (nSPS) is 22.9. The van der Waals surface area contributed by atoms with Gasteiger partial charge in [0.05, 0.1) is 0 Å². The quantitative estimate of drug-likeness (QED) is 0.917. The molecule has 23 heavy (non-hydrogen) atoms. The van der Waals surface area contributed by atoms with Crippen molar-refractivity contribution >= 4 is 17.8 Å². The Morgan fingerprint density at radius 1 is 1.35 bits per heavy atom. The van der Waals surface area contributed by atoms with Crippen LogP contribution in [0.5, 0.6) is 0 Å². The van der Waals surface area contributed by atoms with Gasteiger partial charge in [-0.05, 0) is 42.7 Å². The molecule has 0 spiro atoms. The number of piperidine rings is 1. The number of nitrogens with one attached hydrogen (secondary N) is 1. The maximum absolute atomic E-state index is 12.4. The smallest absolute Gasteiger partial charge is 0.317 e. The Labute approximate surface area is 142 Å². The van der Waals surface area contributed by atoms with Crippen molar-refractivity contribution in [3.63, 3.8) is 0 Å². The van der Waals surface area contributed by atoms with Gasteiger partial charge in [0.2, 0.25) is 0 Å². The molecule has 6 heteroatoms. The van der Waals surface area contributed by atoms with Crippen molar-refractivity contribution in [3.05, 3.63) is 30.1 Å². The topological polar surface area (TPSA) is 48.5 Å². The first-order valence-corrected chi connectivity index (χ1v) is 9.60. The minimum Gasteiger partial charge on any atom is -0.335 e. The molecule has 0 saturated carbocycles. The molecule has 2 aliphatic rings. The molecule has 0 unspecified atom stereocenters. The van der Waals surface area contributed by atoms with E-state index in [0.717, 1.165) is 44.6 Å². The molecule has 3 heterocycles. The molecular formula is C17H26N4OS. The zero-order valence-corrected chi connectivity index (χ0v) is 14.6. The van der Waals surface area contributed by atoms with Crippen molar-refractivity contribution in [2.75, 3.05) is 31.6 Å². The number of carbonyl (C=O) groups excluding carboxylic acids is 1. The number of hydrogen-bond donors (Lipinski definition) is 1. The number of aromatic nitrogens is 1. The first-order valence-electron chi connectivity index (χ1n) is 8.44. The van der Waals surface area contributed by atoms with Crippen LogP contribution < -0.4 is 5.32 Å². The highest BCUT2D eigenvalue weighted by Crippen LogP contribution is 2.21. The Morgan fingerprint density at radius 3 is 2.74 bits per heavy atom. The van der Waals surface area contributed by atoms with Crippen LogP contribution in [-0.4, -0.2) is 64.5 Å². The minimum atomic E-state index is 0.102. The molecule has 3 rings (SSSR count). The van der Waals surface area contributed by atoms with Crippen LogP contribution in [0.2, 0.25) is 0 Å². The highest BCUT2D eigenvalue weighted by Gasteiger charge is 2.26. The maximum atomic E-state index is 12.4. The van der Waals surface area contributed by atoms with Gasteiger partial charge in [-0.3, -0.25) is 9.88 Å². The third-order valence-electron chi connectivity index (χ3n) is 4.84. The fourth-order valence-corrected chi connectivity index (χ4v) is 4.52. The lowest BCUT2D eigenvalue weighted by Gasteiger charge is -2.34. The van der Waals surface area contributed by atoms with Gasteiger partial charge in [-0.25, -0.2) is 4.79 Å². The van der Waals surface area contributed by atoms with Crippen LogP contribution in [0.1, 0.15) is 24.8 Å². The SMILES string of the molecule is CN(C(=O)NC1CCN(Cc2ccncc2)CC1)[C@@H]1CCSC1. The minimum absolute atomic E-state index is 0.102. The van der Waals surface area contributed by atoms with Gasteiger partial charge in [0.1, 0.15) is 0 Å². The van der Waals surface area contributed by atoms with Crippen molar-refractivity contribution in [3.8, 4) is 0 Å². The second-order valence-corrected chi connectivity index (χ2v) is 7.63. The van der Waals surface area contributed by atoms with Crippen LogP contribution in [0.15, 0.2) is 24.5 Å². The fraction of sp³-hybridized carbons (Fsp3) is 0.647. The van der Waals surface area contributed by atoms with Crippen LogP contribution in [0.4, 0.5) is 4.79 Å². The van der Waals surface area contributed by atoms with Crippen LogP contribution >= 0.6 is 11.8 Å². The van der Waals surface area contributed by atoms with Crippen molar-refractivity contribution in [2.24, 2.45) is 0 Å². The molecule has 1 aromatic rings. The van der Waals surface area contributed by atoms with E-state index < -0.39 is 0 Å². The molecule has 1 atom stereocenters. The molecule has 1 aromatic heterocycles. The Hall–Kier alpha value is -1.27. The Bertz CT molecular complexity index is 499. The van der Waals surface area contributed by atoms with Gasteiger partial charge in [-0.1, -0.05) is 0 Å². The molecule has 0 aromatic carbocycles. The van der Waals surface area contributed by atoms with Gasteiger partial charge >= 0.3 is 6.03 Å². The number of amides is 2. The van der Waals surface area contributed by atoms with E-state index in [9.17, 15) is 4.79 Å². The molecule has 2 aliphatic heterocycles. The number of rotatable bonds is 4. The van der Waals surface area contributed by atoms with E-state index in [1.54, 1.807) is 0 Å². The summed E-state index contributed by atoms with van der Waals surface area (Å²) in [5.41, 5.74) is 1.31. The molecule has 0 bridgehead atoms. The standard InChI is InChI=1S/C17H26N4OS/c1-20(16-6-11-23-13-16)17(22)19-15-4-9-21(10-5-15)12-14-2-7-18-8-3-14/h2-3,7-8,15-16H,4-6,9-13H2,1H3,(H,19,22)/t16-/m1/s1. The Balaban J connectivity index is 1.41. The molecule has 1 N–H and O–H groups in total. The molecule has 126 valence electrons. The number of pyridine rings is 1. The summed E-state index contributed by atoms with van der Waals surface area (Å²) < 4.78 is 0. The van der Waals surface area contributed by atoms with Crippen molar-refractivity contribution in [1.29, 1.82) is 0 Å². The van der Waals surface area contributed by atoms with Gasteiger partial charge in [0.15, 0.2) is 0 Å². The number of hydrogen-bond acceptors (Lipinski definition) is 4. The number of nitrogens with zero attached hydrogens (tertiary/aromatic N) is 3. The summed E-state index contributed by atoms with van der Waals surface area (Å²) in [5, 5.41) is 3.22. The maximum Gasteiger partial charge on any atom is 0.317 e. The third kappa shape index (κ3) is 4.61. The lowest BCUT2D eigenvalue weighted by molar-refractivity contribution is 0.167. The van der Waals surface area contributed by atoms with Gasteiger partial charge in [0.25, 0.3) is 0 Å². The van der Waals surface area contributed by atoms with E-state index in [1.165, 1.54) is 11.3 Å². The van der Waals surface area contributed by atoms with E-state index in [4.69, 9.17) is 0 Å². The van der Waals surface area contributed by atoms with E-state index in [-0.39, 0.29) is 6.03 Å². The Kier molecular flexibility index (Phi) is 5.78. The van der Waals surface area contributed by atoms with E-state index in [1.807, 2.05) is 36.1 Å². The van der Waals surface area contributed by atoms with E-state index in [0.29, 0.717) is 12.1 Å². The summed E-state index contributed by atoms with van der Waals surface area (Å²) in [4.78, 5) is 20.8. The van der Waals surface area contributed by atoms with Gasteiger partial charge < -0.3 is 10.2 Å². The average Bonchev–Trinajstić information content (AvgIpc) is 3.11. The number of likely N-dealkylation sites (tertiary alicyclic amines) is 1. The molecule has 5 nitrogen and oxygen atoms in total. The number of thioether (sulfide) groups is 1. The van der Waals surface area contributed by atoms with Crippen LogP contribution in [0.25, 0.3) is 0 Å². The third-order valence-corrected chi connectivity index (χ3v) is 5.99. The highest BCUT2D eigenvalue weighted by atomic mass is 32.2. The monoisotopic (exact) mass is 334 g/mol. The summed E-state index contributed by atoms with van der Waals surface area (Å²) in [6, 6.07) is 4.97. The van der Waals surface area contributed by atoms with Gasteiger partial charge in [-0.2, -0.15) is 11.8 Å². The number of carbonyl (C=O) groups is 1. The predicted molar refractivity (Wildman–Crippen MR) is 94.6 cm³/mol.